The monoisotopic (exact) mass is 288 g/mol. The van der Waals surface area contributed by atoms with Gasteiger partial charge in [0.2, 0.25) is 0 Å². The van der Waals surface area contributed by atoms with Crippen molar-refractivity contribution in [2.75, 3.05) is 0 Å². The van der Waals surface area contributed by atoms with Crippen LogP contribution in [0.4, 0.5) is 0 Å². The third-order valence-electron chi connectivity index (χ3n) is 2.84. The van der Waals surface area contributed by atoms with E-state index in [9.17, 15) is 0 Å². The van der Waals surface area contributed by atoms with Crippen molar-refractivity contribution in [3.63, 3.8) is 0 Å². The van der Waals surface area contributed by atoms with Crippen molar-refractivity contribution in [2.45, 2.75) is 13.5 Å². The van der Waals surface area contributed by atoms with Crippen molar-refractivity contribution < 1.29 is 25.2 Å². The van der Waals surface area contributed by atoms with Gasteiger partial charge < -0.3 is 25.2 Å². The molecule has 0 unspecified atom stereocenters. The van der Waals surface area contributed by atoms with Crippen molar-refractivity contribution in [1.82, 2.24) is 0 Å². The van der Waals surface area contributed by atoms with Gasteiger partial charge in [-0.15, -0.1) is 0 Å². The van der Waals surface area contributed by atoms with Crippen LogP contribution in [-0.2, 0) is 6.61 Å². The highest BCUT2D eigenvalue weighted by Crippen LogP contribution is 1.95. The summed E-state index contributed by atoms with van der Waals surface area (Å²) in [7, 11) is -2.85. The van der Waals surface area contributed by atoms with Crippen LogP contribution in [0.15, 0.2) is 48.5 Å². The van der Waals surface area contributed by atoms with Crippen LogP contribution in [0, 0.1) is 6.92 Å². The second-order valence-electron chi connectivity index (χ2n) is 4.52. The van der Waals surface area contributed by atoms with Gasteiger partial charge in [-0.3, -0.25) is 0 Å². The summed E-state index contributed by atoms with van der Waals surface area (Å²) >= 11 is 0. The Morgan fingerprint density at radius 2 is 1.52 bits per heavy atom. The topological polar surface area (TPSA) is 101 Å². The summed E-state index contributed by atoms with van der Waals surface area (Å²) < 4.78 is 0. The molecule has 5 nitrogen and oxygen atoms in total. The van der Waals surface area contributed by atoms with Crippen LogP contribution in [0.5, 0.6) is 0 Å². The average Bonchev–Trinajstić information content (AvgIpc) is 2.47. The van der Waals surface area contributed by atoms with E-state index in [0.29, 0.717) is 16.5 Å². The lowest BCUT2D eigenvalue weighted by atomic mass is 9.77. The number of benzene rings is 2. The van der Waals surface area contributed by atoms with Crippen molar-refractivity contribution in [3.8, 4) is 0 Å². The number of rotatable bonds is 3. The molecule has 0 saturated carbocycles. The van der Waals surface area contributed by atoms with E-state index < -0.39 is 14.2 Å². The Labute approximate surface area is 124 Å². The van der Waals surface area contributed by atoms with E-state index in [1.54, 1.807) is 42.5 Å². The molecule has 0 aliphatic rings. The number of aliphatic hydroxyl groups is 1. The third-order valence-corrected chi connectivity index (χ3v) is 2.84. The standard InChI is InChI=1S/C7H9BO3.C7H9BO2/c9-5-6-3-1-2-4-7(6)8(10)11;1-6-3-2-4-7(5-6)8(9)10/h1-4,9-11H,5H2;2-5,9-10H,1H3. The maximum atomic E-state index is 8.78. The van der Waals surface area contributed by atoms with Gasteiger partial charge in [-0.25, -0.2) is 0 Å². The lowest BCUT2D eigenvalue weighted by molar-refractivity contribution is 0.282. The Balaban J connectivity index is 0.000000211. The molecule has 0 radical (unpaired) electrons. The number of hydrogen-bond acceptors (Lipinski definition) is 5. The predicted octanol–water partition coefficient (Wildman–Crippen LogP) is -1.47. The lowest BCUT2D eigenvalue weighted by Crippen LogP contribution is -2.32. The minimum Gasteiger partial charge on any atom is -0.423 e. The van der Waals surface area contributed by atoms with Gasteiger partial charge in [-0.2, -0.15) is 0 Å². The molecule has 0 atom stereocenters. The van der Waals surface area contributed by atoms with E-state index >= 15 is 0 Å². The second kappa shape index (κ2) is 8.61. The molecule has 0 bridgehead atoms. The minimum absolute atomic E-state index is 0.173. The zero-order valence-corrected chi connectivity index (χ0v) is 11.7. The fourth-order valence-corrected chi connectivity index (χ4v) is 1.76. The Hall–Kier alpha value is -1.63. The molecule has 2 rings (SSSR count). The maximum absolute atomic E-state index is 8.78. The number of aryl methyl sites for hydroxylation is 1. The quantitative estimate of drug-likeness (QED) is 0.444. The first-order valence-corrected chi connectivity index (χ1v) is 6.43. The highest BCUT2D eigenvalue weighted by Gasteiger charge is 2.13. The van der Waals surface area contributed by atoms with E-state index in [0.717, 1.165) is 5.56 Å². The largest absolute Gasteiger partial charge is 0.488 e. The molecule has 0 aliphatic carbocycles. The van der Waals surface area contributed by atoms with Gasteiger partial charge in [0.1, 0.15) is 0 Å². The van der Waals surface area contributed by atoms with Crippen LogP contribution < -0.4 is 10.9 Å². The highest BCUT2D eigenvalue weighted by atomic mass is 16.4. The van der Waals surface area contributed by atoms with Gasteiger partial charge in [0.15, 0.2) is 0 Å². The molecule has 0 fully saturated rings. The molecule has 21 heavy (non-hydrogen) atoms. The molecular weight excluding hydrogens is 270 g/mol. The first-order chi connectivity index (χ1) is 9.95. The fourth-order valence-electron chi connectivity index (χ4n) is 1.76. The van der Waals surface area contributed by atoms with Gasteiger partial charge in [0, 0.05) is 0 Å². The second-order valence-corrected chi connectivity index (χ2v) is 4.52. The first kappa shape index (κ1) is 17.4. The van der Waals surface area contributed by atoms with Crippen LogP contribution in [-0.4, -0.2) is 39.4 Å². The van der Waals surface area contributed by atoms with Crippen molar-refractivity contribution in [3.05, 3.63) is 59.7 Å². The maximum Gasteiger partial charge on any atom is 0.488 e. The van der Waals surface area contributed by atoms with E-state index in [1.165, 1.54) is 0 Å². The smallest absolute Gasteiger partial charge is 0.423 e. The molecular formula is C14H18B2O5. The minimum atomic E-state index is -1.50. The SMILES string of the molecule is Cc1cccc(B(O)O)c1.OCc1ccccc1B(O)O. The lowest BCUT2D eigenvalue weighted by Gasteiger charge is -2.03. The Morgan fingerprint density at radius 1 is 0.857 bits per heavy atom. The number of hydrogen-bond donors (Lipinski definition) is 5. The van der Waals surface area contributed by atoms with E-state index in [2.05, 4.69) is 0 Å². The molecule has 110 valence electrons. The number of aliphatic hydroxyl groups excluding tert-OH is 1. The molecule has 0 heterocycles. The Kier molecular flexibility index (Phi) is 7.14. The molecule has 0 amide bonds. The molecule has 2 aromatic carbocycles. The van der Waals surface area contributed by atoms with Gasteiger partial charge in [-0.1, -0.05) is 54.1 Å². The van der Waals surface area contributed by atoms with Crippen LogP contribution in [0.25, 0.3) is 0 Å². The fraction of sp³-hybridized carbons (Fsp3) is 0.143. The molecule has 0 aromatic heterocycles. The van der Waals surface area contributed by atoms with Crippen molar-refractivity contribution in [2.24, 2.45) is 0 Å². The summed E-state index contributed by atoms with van der Waals surface area (Å²) in [6.07, 6.45) is 0. The van der Waals surface area contributed by atoms with Crippen LogP contribution in [0.2, 0.25) is 0 Å². The van der Waals surface area contributed by atoms with Gasteiger partial charge in [-0.05, 0) is 23.4 Å². The molecule has 0 spiro atoms. The third kappa shape index (κ3) is 5.71. The molecule has 0 saturated heterocycles. The van der Waals surface area contributed by atoms with Crippen molar-refractivity contribution in [1.29, 1.82) is 0 Å². The molecule has 7 heteroatoms. The summed E-state index contributed by atoms with van der Waals surface area (Å²) in [5, 5.41) is 43.7. The van der Waals surface area contributed by atoms with E-state index in [4.69, 9.17) is 25.2 Å². The van der Waals surface area contributed by atoms with Crippen LogP contribution in [0.1, 0.15) is 11.1 Å². The first-order valence-electron chi connectivity index (χ1n) is 6.43. The van der Waals surface area contributed by atoms with Gasteiger partial charge in [0.05, 0.1) is 6.61 Å². The predicted molar refractivity (Wildman–Crippen MR) is 83.2 cm³/mol. The summed E-state index contributed by atoms with van der Waals surface area (Å²) in [6, 6.07) is 13.8. The zero-order valence-electron chi connectivity index (χ0n) is 11.7. The highest BCUT2D eigenvalue weighted by molar-refractivity contribution is 6.59. The van der Waals surface area contributed by atoms with Crippen LogP contribution >= 0.6 is 0 Å². The van der Waals surface area contributed by atoms with Gasteiger partial charge >= 0.3 is 14.2 Å². The van der Waals surface area contributed by atoms with E-state index in [-0.39, 0.29) is 6.61 Å². The van der Waals surface area contributed by atoms with Crippen molar-refractivity contribution >= 4 is 25.2 Å². The van der Waals surface area contributed by atoms with E-state index in [1.807, 2.05) is 13.0 Å². The summed E-state index contributed by atoms with van der Waals surface area (Å²) in [5.41, 5.74) is 2.48. The Bertz CT molecular complexity index is 561. The van der Waals surface area contributed by atoms with Gasteiger partial charge in [0.25, 0.3) is 0 Å². The summed E-state index contributed by atoms with van der Waals surface area (Å²) in [6.45, 7) is 1.74. The van der Waals surface area contributed by atoms with Crippen LogP contribution in [0.3, 0.4) is 0 Å². The average molecular weight is 288 g/mol. The summed E-state index contributed by atoms with van der Waals surface area (Å²) in [5.74, 6) is 0. The zero-order chi connectivity index (χ0) is 15.8. The normalized spacial score (nSPS) is 9.62. The Morgan fingerprint density at radius 3 is 1.95 bits per heavy atom. The molecule has 5 N–H and O–H groups in total. The molecule has 0 aliphatic heterocycles. The molecule has 2 aromatic rings. The summed E-state index contributed by atoms with van der Waals surface area (Å²) in [4.78, 5) is 0.